The average Bonchev–Trinajstić information content (AvgIpc) is 3.27. The number of nitrogens with one attached hydrogen (secondary N) is 2. The van der Waals surface area contributed by atoms with Gasteiger partial charge in [0.1, 0.15) is 5.82 Å². The number of H-pyrrole nitrogens is 1. The van der Waals surface area contributed by atoms with Crippen molar-refractivity contribution in [2.75, 3.05) is 19.8 Å². The van der Waals surface area contributed by atoms with Crippen LogP contribution in [0.5, 0.6) is 0 Å². The van der Waals surface area contributed by atoms with Gasteiger partial charge >= 0.3 is 0 Å². The summed E-state index contributed by atoms with van der Waals surface area (Å²) in [6.45, 7) is 5.06. The van der Waals surface area contributed by atoms with Gasteiger partial charge in [-0.15, -0.1) is 10.2 Å². The van der Waals surface area contributed by atoms with Crippen molar-refractivity contribution in [2.24, 2.45) is 5.41 Å². The topological polar surface area (TPSA) is 80.1 Å². The first-order chi connectivity index (χ1) is 12.1. The van der Waals surface area contributed by atoms with Gasteiger partial charge in [-0.2, -0.15) is 0 Å². The van der Waals surface area contributed by atoms with Crippen molar-refractivity contribution in [3.63, 3.8) is 0 Å². The van der Waals surface area contributed by atoms with E-state index in [1.54, 1.807) is 6.20 Å². The minimum atomic E-state index is 0.309. The van der Waals surface area contributed by atoms with Gasteiger partial charge in [0.2, 0.25) is 0 Å². The molecule has 1 aliphatic heterocycles. The molecule has 2 fully saturated rings. The Morgan fingerprint density at radius 1 is 1.40 bits per heavy atom. The summed E-state index contributed by atoms with van der Waals surface area (Å²) in [5, 5.41) is 12.7. The molecule has 7 nitrogen and oxygen atoms in total. The molecule has 1 aliphatic carbocycles. The van der Waals surface area contributed by atoms with Gasteiger partial charge in [0.05, 0.1) is 24.9 Å². The molecular formula is C17H21IN6O. The number of halogens is 1. The molecule has 1 unspecified atom stereocenters. The van der Waals surface area contributed by atoms with Crippen LogP contribution in [0.2, 0.25) is 0 Å². The Bertz CT molecular complexity index is 916. The van der Waals surface area contributed by atoms with Crippen molar-refractivity contribution >= 4 is 39.4 Å². The predicted molar refractivity (Wildman–Crippen MR) is 103 cm³/mol. The zero-order chi connectivity index (χ0) is 17.0. The maximum absolute atomic E-state index is 5.36. The molecule has 0 aromatic carbocycles. The molecule has 1 saturated carbocycles. The number of alkyl halides is 1. The Morgan fingerprint density at radius 2 is 2.28 bits per heavy atom. The van der Waals surface area contributed by atoms with E-state index < -0.39 is 0 Å². The molecule has 2 aliphatic rings. The summed E-state index contributed by atoms with van der Waals surface area (Å²) < 4.78 is 8.08. The third kappa shape index (κ3) is 2.65. The fourth-order valence-corrected chi connectivity index (χ4v) is 5.23. The number of ether oxygens (including phenoxy) is 1. The number of rotatable bonds is 4. The number of hydrogen-bond donors (Lipinski definition) is 2. The molecule has 3 aromatic rings. The van der Waals surface area contributed by atoms with E-state index in [1.807, 2.05) is 12.3 Å². The van der Waals surface area contributed by atoms with Gasteiger partial charge in [-0.25, -0.2) is 4.98 Å². The van der Waals surface area contributed by atoms with Gasteiger partial charge in [0.25, 0.3) is 0 Å². The minimum Gasteiger partial charge on any atom is -0.380 e. The molecule has 3 atom stereocenters. The second-order valence-electron chi connectivity index (χ2n) is 7.70. The van der Waals surface area contributed by atoms with Gasteiger partial charge < -0.3 is 15.0 Å². The van der Waals surface area contributed by atoms with Crippen LogP contribution in [0.4, 0.5) is 0 Å². The Kier molecular flexibility index (Phi) is 3.75. The highest BCUT2D eigenvalue weighted by atomic mass is 127. The predicted octanol–water partition coefficient (Wildman–Crippen LogP) is 2.28. The van der Waals surface area contributed by atoms with E-state index in [9.17, 15) is 0 Å². The van der Waals surface area contributed by atoms with E-state index in [4.69, 9.17) is 4.74 Å². The fraction of sp³-hybridized carbons (Fsp3) is 0.588. The number of aromatic nitrogens is 5. The van der Waals surface area contributed by atoms with Crippen molar-refractivity contribution < 1.29 is 4.74 Å². The van der Waals surface area contributed by atoms with Crippen LogP contribution in [0.15, 0.2) is 18.5 Å². The number of nitrogens with zero attached hydrogens (tertiary/aromatic N) is 4. The fourth-order valence-electron chi connectivity index (χ4n) is 4.00. The Hall–Kier alpha value is -1.26. The average molecular weight is 452 g/mol. The van der Waals surface area contributed by atoms with Gasteiger partial charge in [-0.3, -0.25) is 4.40 Å². The van der Waals surface area contributed by atoms with Crippen LogP contribution in [0, 0.1) is 5.41 Å². The Balaban J connectivity index is 1.41. The highest BCUT2D eigenvalue weighted by Gasteiger charge is 2.39. The highest BCUT2D eigenvalue weighted by molar-refractivity contribution is 14.1. The number of fused-ring (bicyclic) bond motifs is 3. The molecule has 8 heteroatoms. The van der Waals surface area contributed by atoms with Crippen LogP contribution in [0.25, 0.3) is 16.8 Å². The largest absolute Gasteiger partial charge is 0.380 e. The van der Waals surface area contributed by atoms with Crippen LogP contribution in [-0.4, -0.2) is 54.3 Å². The molecule has 4 heterocycles. The first-order valence-corrected chi connectivity index (χ1v) is 10.00. The van der Waals surface area contributed by atoms with E-state index in [-0.39, 0.29) is 0 Å². The lowest BCUT2D eigenvalue weighted by Gasteiger charge is -2.39. The maximum atomic E-state index is 5.36. The lowest BCUT2D eigenvalue weighted by molar-refractivity contribution is -0.0999. The lowest BCUT2D eigenvalue weighted by Crippen LogP contribution is -2.49. The van der Waals surface area contributed by atoms with Crippen molar-refractivity contribution in [2.45, 2.75) is 35.6 Å². The van der Waals surface area contributed by atoms with E-state index in [2.05, 4.69) is 59.4 Å². The van der Waals surface area contributed by atoms with Gasteiger partial charge in [-0.05, 0) is 18.9 Å². The number of aromatic amines is 1. The molecule has 0 spiro atoms. The summed E-state index contributed by atoms with van der Waals surface area (Å²) in [6.07, 6.45) is 5.97. The van der Waals surface area contributed by atoms with E-state index in [0.717, 1.165) is 48.8 Å². The standard InChI is InChI=1S/C17H21IN6O/c1-17(8-25-9-17)7-21-10-4-11(12(18)5-10)16-23-22-14-6-20-15-13(24(14)16)2-3-19-15/h2-3,6,10-12,19,21H,4-5,7-9H2,1H3/t10-,11?,12-/m1/s1. The summed E-state index contributed by atoms with van der Waals surface area (Å²) in [7, 11) is 0. The molecule has 5 rings (SSSR count). The normalized spacial score (nSPS) is 28.6. The zero-order valence-electron chi connectivity index (χ0n) is 14.1. The van der Waals surface area contributed by atoms with Crippen LogP contribution in [0.3, 0.4) is 0 Å². The van der Waals surface area contributed by atoms with E-state index >= 15 is 0 Å². The summed E-state index contributed by atoms with van der Waals surface area (Å²) in [5.41, 5.74) is 3.06. The third-order valence-electron chi connectivity index (χ3n) is 5.50. The Labute approximate surface area is 159 Å². The van der Waals surface area contributed by atoms with Gasteiger partial charge in [0.15, 0.2) is 11.3 Å². The molecule has 1 saturated heterocycles. The quantitative estimate of drug-likeness (QED) is 0.469. The molecule has 0 amide bonds. The van der Waals surface area contributed by atoms with E-state index in [0.29, 0.717) is 21.3 Å². The lowest BCUT2D eigenvalue weighted by atomic mass is 9.88. The van der Waals surface area contributed by atoms with Crippen molar-refractivity contribution in [1.29, 1.82) is 0 Å². The molecule has 0 bridgehead atoms. The van der Waals surface area contributed by atoms with Crippen molar-refractivity contribution in [3.8, 4) is 0 Å². The van der Waals surface area contributed by atoms with Crippen LogP contribution >= 0.6 is 22.6 Å². The zero-order valence-corrected chi connectivity index (χ0v) is 16.2. The highest BCUT2D eigenvalue weighted by Crippen LogP contribution is 2.40. The van der Waals surface area contributed by atoms with Crippen LogP contribution in [-0.2, 0) is 4.74 Å². The van der Waals surface area contributed by atoms with Gasteiger partial charge in [-0.1, -0.05) is 29.5 Å². The monoisotopic (exact) mass is 452 g/mol. The smallest absolute Gasteiger partial charge is 0.179 e. The maximum Gasteiger partial charge on any atom is 0.179 e. The summed E-state index contributed by atoms with van der Waals surface area (Å²) in [4.78, 5) is 7.59. The van der Waals surface area contributed by atoms with Gasteiger partial charge in [0, 0.05) is 34.0 Å². The first-order valence-electron chi connectivity index (χ1n) is 8.75. The summed E-state index contributed by atoms with van der Waals surface area (Å²) in [5.74, 6) is 1.46. The molecule has 25 heavy (non-hydrogen) atoms. The van der Waals surface area contributed by atoms with Crippen molar-refractivity contribution in [3.05, 3.63) is 24.3 Å². The molecular weight excluding hydrogens is 431 g/mol. The van der Waals surface area contributed by atoms with Crippen LogP contribution in [0.1, 0.15) is 31.5 Å². The van der Waals surface area contributed by atoms with Crippen molar-refractivity contribution in [1.82, 2.24) is 29.9 Å². The molecule has 2 N–H and O–H groups in total. The van der Waals surface area contributed by atoms with Crippen LogP contribution < -0.4 is 5.32 Å². The number of hydrogen-bond acceptors (Lipinski definition) is 5. The third-order valence-corrected chi connectivity index (χ3v) is 6.88. The second-order valence-corrected chi connectivity index (χ2v) is 9.30. The first kappa shape index (κ1) is 16.0. The van der Waals surface area contributed by atoms with E-state index in [1.165, 1.54) is 6.42 Å². The Morgan fingerprint density at radius 3 is 3.08 bits per heavy atom. The second kappa shape index (κ2) is 5.88. The SMILES string of the molecule is CC1(CN[C@@H]2CC(c3nnc4cnc5[nH]ccc5n34)[C@H](I)C2)COC1. The summed E-state index contributed by atoms with van der Waals surface area (Å²) in [6, 6.07) is 2.58. The molecule has 3 aromatic heterocycles. The molecule has 0 radical (unpaired) electrons. The summed E-state index contributed by atoms with van der Waals surface area (Å²) >= 11 is 2.58. The minimum absolute atomic E-state index is 0.309. The molecule has 132 valence electrons.